The number of hydrogen-bond acceptors (Lipinski definition) is 2. The molecule has 0 bridgehead atoms. The molecule has 0 radical (unpaired) electrons. The Kier molecular flexibility index (Phi) is 9.49. The lowest BCUT2D eigenvalue weighted by Crippen LogP contribution is -2.45. The minimum Gasteiger partial charge on any atom is -0.301 e. The minimum atomic E-state index is -1.13. The Morgan fingerprint density at radius 2 is 1.75 bits per heavy atom. The first-order chi connectivity index (χ1) is 11.5. The summed E-state index contributed by atoms with van der Waals surface area (Å²) in [5.41, 5.74) is 1.14. The van der Waals surface area contributed by atoms with Crippen molar-refractivity contribution in [2.24, 2.45) is 5.92 Å². The lowest BCUT2D eigenvalue weighted by atomic mass is 10.0. The van der Waals surface area contributed by atoms with Gasteiger partial charge in [-0.1, -0.05) is 59.1 Å². The maximum absolute atomic E-state index is 12.8. The molecule has 0 aromatic heterocycles. The van der Waals surface area contributed by atoms with Gasteiger partial charge in [-0.25, -0.2) is 8.51 Å². The van der Waals surface area contributed by atoms with Crippen LogP contribution in [0.1, 0.15) is 40.5 Å². The molecule has 4 heteroatoms. The number of piperidine rings is 1. The smallest absolute Gasteiger partial charge is 0.127 e. The monoisotopic (exact) mass is 350 g/mol. The molecule has 1 fully saturated rings. The van der Waals surface area contributed by atoms with Crippen LogP contribution in [0.25, 0.3) is 0 Å². The van der Waals surface area contributed by atoms with Gasteiger partial charge in [-0.2, -0.15) is 0 Å². The van der Waals surface area contributed by atoms with Crippen molar-refractivity contribution in [3.8, 4) is 0 Å². The summed E-state index contributed by atoms with van der Waals surface area (Å²) >= 11 is 0. The van der Waals surface area contributed by atoms with Crippen LogP contribution in [-0.2, 0) is 11.0 Å². The second kappa shape index (κ2) is 10.8. The van der Waals surface area contributed by atoms with Gasteiger partial charge in [0, 0.05) is 19.1 Å². The standard InChI is InChI=1S/C20H34N2OS/c1-7-18(17(5)6)11-12-20(8-2)24(23)22-15-13-19(14-16-22)21(9-3)10-4/h7-8,11-12,17,19H,1-2,9-10,13-16H2,3-6H3/b18-11+,20-12+. The van der Waals surface area contributed by atoms with Crippen LogP contribution in [-0.4, -0.2) is 45.6 Å². The second-order valence-electron chi connectivity index (χ2n) is 6.43. The van der Waals surface area contributed by atoms with Crippen LogP contribution in [0, 0.1) is 5.92 Å². The van der Waals surface area contributed by atoms with Gasteiger partial charge in [-0.3, -0.25) is 0 Å². The van der Waals surface area contributed by atoms with Crippen LogP contribution in [0.15, 0.2) is 47.9 Å². The molecule has 24 heavy (non-hydrogen) atoms. The lowest BCUT2D eigenvalue weighted by Gasteiger charge is -2.37. The molecule has 1 heterocycles. The highest BCUT2D eigenvalue weighted by atomic mass is 32.2. The molecule has 136 valence electrons. The lowest BCUT2D eigenvalue weighted by molar-refractivity contribution is 0.154. The van der Waals surface area contributed by atoms with Gasteiger partial charge in [0.1, 0.15) is 11.0 Å². The maximum Gasteiger partial charge on any atom is 0.127 e. The highest BCUT2D eigenvalue weighted by Crippen LogP contribution is 2.21. The first-order valence-corrected chi connectivity index (χ1v) is 10.2. The fourth-order valence-electron chi connectivity index (χ4n) is 3.13. The summed E-state index contributed by atoms with van der Waals surface area (Å²) in [7, 11) is -1.13. The van der Waals surface area contributed by atoms with Gasteiger partial charge in [0.15, 0.2) is 0 Å². The van der Waals surface area contributed by atoms with E-state index in [-0.39, 0.29) is 0 Å². The van der Waals surface area contributed by atoms with Gasteiger partial charge in [0.2, 0.25) is 0 Å². The first-order valence-electron chi connectivity index (χ1n) is 9.06. The molecule has 1 aliphatic rings. The Hall–Kier alpha value is -0.970. The van der Waals surface area contributed by atoms with E-state index in [0.717, 1.165) is 49.5 Å². The fourth-order valence-corrected chi connectivity index (χ4v) is 4.30. The molecule has 0 saturated carbocycles. The van der Waals surface area contributed by atoms with Gasteiger partial charge < -0.3 is 4.90 Å². The molecule has 1 unspecified atom stereocenters. The van der Waals surface area contributed by atoms with Gasteiger partial charge in [0.25, 0.3) is 0 Å². The number of nitrogens with zero attached hydrogens (tertiary/aromatic N) is 2. The van der Waals surface area contributed by atoms with Crippen LogP contribution in [0.4, 0.5) is 0 Å². The van der Waals surface area contributed by atoms with E-state index in [9.17, 15) is 4.21 Å². The summed E-state index contributed by atoms with van der Waals surface area (Å²) in [5, 5.41) is 0. The molecule has 0 aromatic carbocycles. The molecule has 3 nitrogen and oxygen atoms in total. The fraction of sp³-hybridized carbons (Fsp3) is 0.600. The average Bonchev–Trinajstić information content (AvgIpc) is 2.59. The van der Waals surface area contributed by atoms with Crippen molar-refractivity contribution in [1.29, 1.82) is 0 Å². The van der Waals surface area contributed by atoms with Crippen molar-refractivity contribution in [1.82, 2.24) is 9.21 Å². The van der Waals surface area contributed by atoms with E-state index in [2.05, 4.69) is 50.1 Å². The molecule has 1 rings (SSSR count). The Morgan fingerprint density at radius 3 is 2.17 bits per heavy atom. The molecule has 0 aliphatic carbocycles. The summed E-state index contributed by atoms with van der Waals surface area (Å²) in [5.74, 6) is 0.406. The molecule has 0 amide bonds. The van der Waals surface area contributed by atoms with Gasteiger partial charge in [-0.15, -0.1) is 0 Å². The van der Waals surface area contributed by atoms with Crippen LogP contribution in [0.5, 0.6) is 0 Å². The SMILES string of the molecule is C=C/C(=C\C=C(/C=C)S(=O)N1CCC(N(CC)CC)CC1)C(C)C. The van der Waals surface area contributed by atoms with Crippen molar-refractivity contribution in [2.45, 2.75) is 46.6 Å². The molecule has 1 saturated heterocycles. The molecule has 1 atom stereocenters. The minimum absolute atomic E-state index is 0.406. The topological polar surface area (TPSA) is 23.6 Å². The zero-order valence-corrected chi connectivity index (χ0v) is 16.6. The molecule has 1 aliphatic heterocycles. The highest BCUT2D eigenvalue weighted by molar-refractivity contribution is 7.86. The van der Waals surface area contributed by atoms with Crippen LogP contribution in [0.2, 0.25) is 0 Å². The average molecular weight is 351 g/mol. The first kappa shape index (κ1) is 21.1. The van der Waals surface area contributed by atoms with E-state index in [1.54, 1.807) is 6.08 Å². The molecule has 0 aromatic rings. The van der Waals surface area contributed by atoms with Gasteiger partial charge in [0.05, 0.1) is 4.91 Å². The van der Waals surface area contributed by atoms with Crippen molar-refractivity contribution in [2.75, 3.05) is 26.2 Å². The largest absolute Gasteiger partial charge is 0.301 e. The van der Waals surface area contributed by atoms with E-state index >= 15 is 0 Å². The number of hydrogen-bond donors (Lipinski definition) is 0. The summed E-state index contributed by atoms with van der Waals surface area (Å²) in [4.78, 5) is 3.28. The molecular weight excluding hydrogens is 316 g/mol. The maximum atomic E-state index is 12.8. The summed E-state index contributed by atoms with van der Waals surface area (Å²) < 4.78 is 14.9. The Labute approximate surface area is 151 Å². The quantitative estimate of drug-likeness (QED) is 0.579. The van der Waals surface area contributed by atoms with Crippen LogP contribution in [0.3, 0.4) is 0 Å². The third-order valence-corrected chi connectivity index (χ3v) is 6.27. The predicted molar refractivity (Wildman–Crippen MR) is 107 cm³/mol. The predicted octanol–water partition coefficient (Wildman–Crippen LogP) is 4.29. The third-order valence-electron chi connectivity index (χ3n) is 4.73. The number of allylic oxidation sites excluding steroid dienone is 5. The third kappa shape index (κ3) is 5.83. The Morgan fingerprint density at radius 1 is 1.17 bits per heavy atom. The zero-order chi connectivity index (χ0) is 18.1. The zero-order valence-electron chi connectivity index (χ0n) is 15.8. The van der Waals surface area contributed by atoms with E-state index in [0.29, 0.717) is 12.0 Å². The van der Waals surface area contributed by atoms with Crippen molar-refractivity contribution in [3.63, 3.8) is 0 Å². The van der Waals surface area contributed by atoms with E-state index in [1.165, 1.54) is 0 Å². The van der Waals surface area contributed by atoms with Gasteiger partial charge >= 0.3 is 0 Å². The summed E-state index contributed by atoms with van der Waals surface area (Å²) in [6, 6.07) is 0.623. The molecule has 0 spiro atoms. The van der Waals surface area contributed by atoms with Crippen LogP contribution >= 0.6 is 0 Å². The van der Waals surface area contributed by atoms with E-state index in [4.69, 9.17) is 0 Å². The highest BCUT2D eigenvalue weighted by Gasteiger charge is 2.26. The molecule has 0 N–H and O–H groups in total. The number of rotatable bonds is 9. The Balaban J connectivity index is 2.75. The van der Waals surface area contributed by atoms with Crippen molar-refractivity contribution < 1.29 is 4.21 Å². The second-order valence-corrected chi connectivity index (χ2v) is 7.92. The normalized spacial score (nSPS) is 19.8. The summed E-state index contributed by atoms with van der Waals surface area (Å²) in [6.45, 7) is 20.3. The Bertz CT molecular complexity index is 496. The van der Waals surface area contributed by atoms with E-state index < -0.39 is 11.0 Å². The van der Waals surface area contributed by atoms with E-state index in [1.807, 2.05) is 18.2 Å². The van der Waals surface area contributed by atoms with Gasteiger partial charge in [-0.05, 0) is 43.5 Å². The molecular formula is C20H34N2OS. The summed E-state index contributed by atoms with van der Waals surface area (Å²) in [6.07, 6.45) is 9.67. The van der Waals surface area contributed by atoms with Crippen LogP contribution < -0.4 is 0 Å². The van der Waals surface area contributed by atoms with Crippen molar-refractivity contribution in [3.05, 3.63) is 47.9 Å². The van der Waals surface area contributed by atoms with Crippen molar-refractivity contribution >= 4 is 11.0 Å².